The fourth-order valence-electron chi connectivity index (χ4n) is 11.5. The van der Waals surface area contributed by atoms with E-state index in [9.17, 15) is 4.79 Å². The molecule has 6 aliphatic rings. The first-order valence-electron chi connectivity index (χ1n) is 27.7. The predicted molar refractivity (Wildman–Crippen MR) is 310 cm³/mol. The molecular formula is C59H75Cl2N13O7. The minimum absolute atomic E-state index is 0.0804. The third-order valence-corrected chi connectivity index (χ3v) is 15.3. The van der Waals surface area contributed by atoms with Crippen molar-refractivity contribution >= 4 is 35.1 Å². The number of nitrogens with one attached hydrogen (secondary N) is 2. The molecule has 6 saturated heterocycles. The number of ether oxygens (including phenoxy) is 1. The maximum absolute atomic E-state index is 12.7. The Bertz CT molecular complexity index is 2860. The van der Waals surface area contributed by atoms with Crippen LogP contribution in [0.4, 0.5) is 10.6 Å². The number of anilines is 1. The Labute approximate surface area is 484 Å². The Morgan fingerprint density at radius 3 is 1.54 bits per heavy atom. The van der Waals surface area contributed by atoms with Gasteiger partial charge in [0, 0.05) is 150 Å². The van der Waals surface area contributed by atoms with E-state index in [4.69, 9.17) is 44.0 Å². The molecule has 0 radical (unpaired) electrons. The molecular weight excluding hydrogens is 1070 g/mol. The average molecular weight is 1150 g/mol. The fourth-order valence-corrected chi connectivity index (χ4v) is 11.9. The second-order valence-electron chi connectivity index (χ2n) is 21.5. The van der Waals surface area contributed by atoms with Crippen LogP contribution in [0.5, 0.6) is 0 Å². The van der Waals surface area contributed by atoms with Gasteiger partial charge < -0.3 is 31.1 Å². The summed E-state index contributed by atoms with van der Waals surface area (Å²) in [5.41, 5.74) is 14.6. The topological polar surface area (TPSA) is 264 Å². The minimum Gasteiger partial charge on any atom is -0.444 e. The number of aliphatic hydroxyl groups is 1. The lowest BCUT2D eigenvalue weighted by Crippen LogP contribution is -2.40. The van der Waals surface area contributed by atoms with Crippen LogP contribution >= 0.6 is 23.2 Å². The van der Waals surface area contributed by atoms with Gasteiger partial charge in [-0.15, -0.1) is 5.92 Å². The highest BCUT2D eigenvalue weighted by Gasteiger charge is 2.50. The first-order chi connectivity index (χ1) is 39.2. The van der Waals surface area contributed by atoms with Gasteiger partial charge in [0.2, 0.25) is 0 Å². The van der Waals surface area contributed by atoms with E-state index in [-0.39, 0.29) is 37.3 Å². The second kappa shape index (κ2) is 30.6. The third kappa shape index (κ3) is 16.9. The number of carbonyl (C=O) groups excluding carboxylic acids is 1. The summed E-state index contributed by atoms with van der Waals surface area (Å²) in [6, 6.07) is 9.33. The van der Waals surface area contributed by atoms with Gasteiger partial charge in [-0.1, -0.05) is 49.4 Å². The van der Waals surface area contributed by atoms with E-state index in [1.807, 2.05) is 44.3 Å². The molecule has 6 bridgehead atoms. The van der Waals surface area contributed by atoms with Crippen molar-refractivity contribution in [2.45, 2.75) is 172 Å². The zero-order valence-corrected chi connectivity index (χ0v) is 48.6. The number of carbonyl (C=O) groups is 1. The van der Waals surface area contributed by atoms with Crippen LogP contribution in [0, 0.1) is 11.8 Å². The van der Waals surface area contributed by atoms with E-state index < -0.39 is 5.60 Å². The standard InChI is InChI=1S/C20H25N5O2.2C15H15ClN4.C4H6O4.C3H8.C2H6O/c1-20(2,3)27-19(26)25-14-4-5-17(25)15(7-14)12-6-16(18(21)24-10-12)13-8-22-11-23-9-13;2*16-15-13(10-5-17-8-18-6-10)3-9(7-19-15)12-4-11-1-2-14(12)20-11;1-2-3-4-6-8-7-5;1-3-2;1-2-3/h6,8-11,14-15,17H,4-5,7H2,1-3H3,(H2,21,24);2*3,5-8,11-12,14,20H,1-2,4H2;5H,4H2,1H3;3H2,1-2H3;3H,2H2,1H3. The van der Waals surface area contributed by atoms with Gasteiger partial charge in [0.15, 0.2) is 0 Å². The first kappa shape index (κ1) is 62.2. The summed E-state index contributed by atoms with van der Waals surface area (Å²) < 4.78 is 5.63. The molecule has 1 amide bonds. The molecule has 432 valence electrons. The number of hydrogen-bond donors (Lipinski definition) is 5. The molecule has 6 N–H and O–H groups in total. The molecule has 6 fully saturated rings. The van der Waals surface area contributed by atoms with Crippen LogP contribution in [0.25, 0.3) is 33.4 Å². The smallest absolute Gasteiger partial charge is 0.410 e. The zero-order chi connectivity index (χ0) is 57.9. The van der Waals surface area contributed by atoms with Gasteiger partial charge >= 0.3 is 6.09 Å². The monoisotopic (exact) mass is 1150 g/mol. The lowest BCUT2D eigenvalue weighted by molar-refractivity contribution is -0.620. The van der Waals surface area contributed by atoms with Crippen LogP contribution in [0.15, 0.2) is 93.0 Å². The van der Waals surface area contributed by atoms with E-state index in [0.29, 0.717) is 52.1 Å². The molecule has 12 heterocycles. The molecule has 6 aromatic heterocycles. The summed E-state index contributed by atoms with van der Waals surface area (Å²) in [4.78, 5) is 56.2. The van der Waals surface area contributed by atoms with Crippen molar-refractivity contribution < 1.29 is 34.9 Å². The number of nitrogens with two attached hydrogens (primary N) is 1. The third-order valence-electron chi connectivity index (χ3n) is 14.7. The summed E-state index contributed by atoms with van der Waals surface area (Å²) in [5, 5.41) is 30.1. The van der Waals surface area contributed by atoms with Crippen molar-refractivity contribution in [1.82, 2.24) is 60.4 Å². The fraction of sp³-hybridized carbons (Fsp3) is 0.492. The molecule has 0 spiro atoms. The summed E-state index contributed by atoms with van der Waals surface area (Å²) in [6.07, 6.45) is 32.3. The molecule has 0 saturated carbocycles. The van der Waals surface area contributed by atoms with Gasteiger partial charge in [0.05, 0.1) is 0 Å². The van der Waals surface area contributed by atoms with Crippen LogP contribution in [0.1, 0.15) is 147 Å². The highest BCUT2D eigenvalue weighted by Crippen LogP contribution is 2.48. The Balaban J connectivity index is 0.000000158. The number of fused-ring (bicyclic) bond motifs is 6. The Morgan fingerprint density at radius 1 is 0.679 bits per heavy atom. The van der Waals surface area contributed by atoms with Gasteiger partial charge in [0.25, 0.3) is 0 Å². The molecule has 20 nitrogen and oxygen atoms in total. The summed E-state index contributed by atoms with van der Waals surface area (Å²) in [6.45, 7) is 13.6. The maximum Gasteiger partial charge on any atom is 0.410 e. The van der Waals surface area contributed by atoms with Crippen molar-refractivity contribution in [2.24, 2.45) is 0 Å². The molecule has 0 aromatic carbocycles. The summed E-state index contributed by atoms with van der Waals surface area (Å²) in [5.74, 6) is 6.85. The number of amides is 1. The molecule has 6 aliphatic heterocycles. The van der Waals surface area contributed by atoms with Gasteiger partial charge in [-0.25, -0.2) is 54.9 Å². The van der Waals surface area contributed by atoms with Gasteiger partial charge in [-0.3, -0.25) is 0 Å². The van der Waals surface area contributed by atoms with Crippen molar-refractivity contribution in [1.29, 1.82) is 0 Å². The van der Waals surface area contributed by atoms with E-state index >= 15 is 0 Å². The highest BCUT2D eigenvalue weighted by atomic mass is 35.5. The molecule has 6 aromatic rings. The lowest BCUT2D eigenvalue weighted by atomic mass is 9.84. The van der Waals surface area contributed by atoms with Crippen molar-refractivity contribution in [3.63, 3.8) is 0 Å². The predicted octanol–water partition coefficient (Wildman–Crippen LogP) is 10.8. The number of pyridine rings is 3. The largest absolute Gasteiger partial charge is 0.444 e. The normalized spacial score (nSPS) is 23.1. The van der Waals surface area contributed by atoms with Crippen molar-refractivity contribution in [2.75, 3.05) is 18.9 Å². The molecule has 0 aliphatic carbocycles. The number of hydrogen-bond acceptors (Lipinski definition) is 19. The first-order valence-corrected chi connectivity index (χ1v) is 28.4. The molecule has 22 heteroatoms. The van der Waals surface area contributed by atoms with Gasteiger partial charge in [0.1, 0.15) is 47.3 Å². The second-order valence-corrected chi connectivity index (χ2v) is 22.2. The summed E-state index contributed by atoms with van der Waals surface area (Å²) >= 11 is 12.5. The van der Waals surface area contributed by atoms with Crippen LogP contribution < -0.4 is 16.4 Å². The van der Waals surface area contributed by atoms with Crippen LogP contribution in [-0.2, 0) is 19.7 Å². The Hall–Kier alpha value is -6.38. The quantitative estimate of drug-likeness (QED) is 0.0296. The highest BCUT2D eigenvalue weighted by molar-refractivity contribution is 6.32. The van der Waals surface area contributed by atoms with E-state index in [1.54, 1.807) is 51.0 Å². The number of rotatable bonds is 9. The molecule has 81 heavy (non-hydrogen) atoms. The Morgan fingerprint density at radius 2 is 1.12 bits per heavy atom. The van der Waals surface area contributed by atoms with Gasteiger partial charge in [-0.2, -0.15) is 4.89 Å². The minimum atomic E-state index is -0.488. The zero-order valence-electron chi connectivity index (χ0n) is 47.1. The van der Waals surface area contributed by atoms with Crippen LogP contribution in [-0.4, -0.2) is 121 Å². The van der Waals surface area contributed by atoms with Crippen molar-refractivity contribution in [3.05, 3.63) is 120 Å². The molecule has 9 unspecified atom stereocenters. The number of aliphatic hydroxyl groups excluding tert-OH is 1. The van der Waals surface area contributed by atoms with E-state index in [0.717, 1.165) is 58.2 Å². The molecule has 12 rings (SSSR count). The van der Waals surface area contributed by atoms with Gasteiger partial charge in [-0.05, 0) is 137 Å². The van der Waals surface area contributed by atoms with E-state index in [1.165, 1.54) is 75.1 Å². The SMILES string of the molecule is CC#CCOOOO.CC(C)(C)OC(=O)N1C2CCC1C(c1cnc(N)c(-c3cncnc3)c1)C2.CCC.CCO.Clc1ncc(C2CC3CCC2N3)cc1-c1cncnc1.Clc1ncc(C2CC3CCC2N3)cc1-c1cncnc1. The number of aromatic nitrogens is 9. The number of nitrogen functional groups attached to an aromatic ring is 1. The Kier molecular flexibility index (Phi) is 23.5. The summed E-state index contributed by atoms with van der Waals surface area (Å²) in [7, 11) is 0. The lowest BCUT2D eigenvalue weighted by Gasteiger charge is -2.28. The average Bonchev–Trinajstić information content (AvgIpc) is 4.41. The number of halogens is 2. The molecule has 9 atom stereocenters. The van der Waals surface area contributed by atoms with Crippen LogP contribution in [0.3, 0.4) is 0 Å². The van der Waals surface area contributed by atoms with E-state index in [2.05, 4.69) is 114 Å². The van der Waals surface area contributed by atoms with Crippen LogP contribution in [0.2, 0.25) is 10.3 Å². The maximum atomic E-state index is 12.7. The van der Waals surface area contributed by atoms with Crippen molar-refractivity contribution in [3.8, 4) is 45.2 Å². The number of nitrogens with zero attached hydrogens (tertiary/aromatic N) is 10.